The highest BCUT2D eigenvalue weighted by molar-refractivity contribution is 9.11. The van der Waals surface area contributed by atoms with E-state index in [4.69, 9.17) is 4.74 Å². The van der Waals surface area contributed by atoms with Crippen LogP contribution in [0.1, 0.15) is 23.5 Å². The molecule has 2 unspecified atom stereocenters. The summed E-state index contributed by atoms with van der Waals surface area (Å²) in [5.41, 5.74) is 0. The van der Waals surface area contributed by atoms with Crippen molar-refractivity contribution in [3.8, 4) is 0 Å². The summed E-state index contributed by atoms with van der Waals surface area (Å²) in [6, 6.07) is 4.12. The molecule has 2 rings (SSSR count). The highest BCUT2D eigenvalue weighted by atomic mass is 79.9. The Balaban J connectivity index is 1.98. The molecule has 0 spiro atoms. The number of halogens is 1. The second-order valence-corrected chi connectivity index (χ2v) is 6.91. The SMILES string of the molecule is CC1CN(CC(=O)c2ccc(Br)s2)C(C)CO1. The molecule has 3 nitrogen and oxygen atoms in total. The second kappa shape index (κ2) is 5.61. The van der Waals surface area contributed by atoms with Gasteiger partial charge in [0.2, 0.25) is 0 Å². The average molecular weight is 318 g/mol. The molecule has 0 saturated carbocycles. The standard InChI is InChI=1S/C12H16BrNO2S/c1-8-7-16-9(2)5-14(8)6-10(15)11-3-4-12(13)17-11/h3-4,8-9H,5-7H2,1-2H3. The number of hydrogen-bond acceptors (Lipinski definition) is 4. The number of ketones is 1. The van der Waals surface area contributed by atoms with Gasteiger partial charge < -0.3 is 4.74 Å². The number of thiophene rings is 1. The molecule has 2 atom stereocenters. The van der Waals surface area contributed by atoms with Gasteiger partial charge in [0.25, 0.3) is 0 Å². The Morgan fingerprint density at radius 2 is 2.35 bits per heavy atom. The Bertz CT molecular complexity index is 407. The zero-order chi connectivity index (χ0) is 12.4. The van der Waals surface area contributed by atoms with Crippen LogP contribution in [0.25, 0.3) is 0 Å². The molecule has 2 heterocycles. The lowest BCUT2D eigenvalue weighted by Crippen LogP contribution is -2.49. The smallest absolute Gasteiger partial charge is 0.186 e. The lowest BCUT2D eigenvalue weighted by atomic mass is 10.2. The predicted molar refractivity (Wildman–Crippen MR) is 72.8 cm³/mol. The van der Waals surface area contributed by atoms with Crippen LogP contribution in [0.3, 0.4) is 0 Å². The van der Waals surface area contributed by atoms with Gasteiger partial charge in [-0.1, -0.05) is 0 Å². The van der Waals surface area contributed by atoms with Crippen LogP contribution in [0.5, 0.6) is 0 Å². The molecule has 0 aromatic carbocycles. The summed E-state index contributed by atoms with van der Waals surface area (Å²) < 4.78 is 6.56. The predicted octanol–water partition coefficient (Wildman–Crippen LogP) is 2.80. The summed E-state index contributed by atoms with van der Waals surface area (Å²) in [5, 5.41) is 0. The normalized spacial score (nSPS) is 26.1. The molecule has 0 radical (unpaired) electrons. The Morgan fingerprint density at radius 3 is 3.00 bits per heavy atom. The van der Waals surface area contributed by atoms with E-state index in [0.717, 1.165) is 15.2 Å². The zero-order valence-corrected chi connectivity index (χ0v) is 12.4. The fourth-order valence-corrected chi connectivity index (χ4v) is 3.23. The first-order valence-electron chi connectivity index (χ1n) is 5.70. The van der Waals surface area contributed by atoms with Crippen molar-refractivity contribution in [1.29, 1.82) is 0 Å². The van der Waals surface area contributed by atoms with Crippen molar-refractivity contribution in [2.45, 2.75) is 26.0 Å². The van der Waals surface area contributed by atoms with Crippen LogP contribution in [-0.4, -0.2) is 42.5 Å². The van der Waals surface area contributed by atoms with Gasteiger partial charge in [0, 0.05) is 12.6 Å². The topological polar surface area (TPSA) is 29.5 Å². The molecule has 1 saturated heterocycles. The molecule has 1 aliphatic rings. The van der Waals surface area contributed by atoms with Crippen LogP contribution in [-0.2, 0) is 4.74 Å². The molecular weight excluding hydrogens is 302 g/mol. The van der Waals surface area contributed by atoms with E-state index >= 15 is 0 Å². The molecular formula is C12H16BrNO2S. The van der Waals surface area contributed by atoms with Crippen LogP contribution in [0, 0.1) is 0 Å². The Labute approximate surface area is 114 Å². The highest BCUT2D eigenvalue weighted by Crippen LogP contribution is 2.23. The Kier molecular flexibility index (Phi) is 4.36. The van der Waals surface area contributed by atoms with E-state index in [-0.39, 0.29) is 11.9 Å². The summed E-state index contributed by atoms with van der Waals surface area (Å²) in [7, 11) is 0. The molecule has 5 heteroatoms. The number of hydrogen-bond donors (Lipinski definition) is 0. The van der Waals surface area contributed by atoms with Gasteiger partial charge >= 0.3 is 0 Å². The highest BCUT2D eigenvalue weighted by Gasteiger charge is 2.25. The van der Waals surface area contributed by atoms with E-state index in [1.165, 1.54) is 11.3 Å². The maximum atomic E-state index is 12.1. The number of nitrogens with zero attached hydrogens (tertiary/aromatic N) is 1. The summed E-state index contributed by atoms with van der Waals surface area (Å²) in [6.45, 7) is 6.18. The third-order valence-electron chi connectivity index (χ3n) is 2.93. The van der Waals surface area contributed by atoms with E-state index in [0.29, 0.717) is 19.2 Å². The van der Waals surface area contributed by atoms with Crippen molar-refractivity contribution in [2.75, 3.05) is 19.7 Å². The number of carbonyl (C=O) groups excluding carboxylic acids is 1. The molecule has 1 aromatic heterocycles. The van der Waals surface area contributed by atoms with Crippen molar-refractivity contribution in [3.05, 3.63) is 20.8 Å². The molecule has 17 heavy (non-hydrogen) atoms. The van der Waals surface area contributed by atoms with Crippen molar-refractivity contribution in [2.24, 2.45) is 0 Å². The molecule has 1 aromatic rings. The van der Waals surface area contributed by atoms with Crippen LogP contribution < -0.4 is 0 Å². The van der Waals surface area contributed by atoms with Gasteiger partial charge in [-0.2, -0.15) is 0 Å². The van der Waals surface area contributed by atoms with Crippen LogP contribution in [0.15, 0.2) is 15.9 Å². The van der Waals surface area contributed by atoms with E-state index in [9.17, 15) is 4.79 Å². The molecule has 1 aliphatic heterocycles. The number of rotatable bonds is 3. The van der Waals surface area contributed by atoms with Crippen LogP contribution in [0.4, 0.5) is 0 Å². The molecule has 0 N–H and O–H groups in total. The molecule has 1 fully saturated rings. The van der Waals surface area contributed by atoms with Crippen LogP contribution >= 0.6 is 27.3 Å². The summed E-state index contributed by atoms with van der Waals surface area (Å²) >= 11 is 4.88. The van der Waals surface area contributed by atoms with E-state index in [1.54, 1.807) is 0 Å². The van der Waals surface area contributed by atoms with Gasteiger partial charge in [-0.3, -0.25) is 9.69 Å². The Hall–Kier alpha value is -0.230. The van der Waals surface area contributed by atoms with Crippen molar-refractivity contribution in [3.63, 3.8) is 0 Å². The van der Waals surface area contributed by atoms with Crippen molar-refractivity contribution < 1.29 is 9.53 Å². The maximum Gasteiger partial charge on any atom is 0.186 e. The fraction of sp³-hybridized carbons (Fsp3) is 0.583. The lowest BCUT2D eigenvalue weighted by molar-refractivity contribution is -0.0459. The number of Topliss-reactive ketones (excluding diaryl/α,β-unsaturated/α-hetero) is 1. The first kappa shape index (κ1) is 13.2. The van der Waals surface area contributed by atoms with E-state index in [2.05, 4.69) is 27.8 Å². The lowest BCUT2D eigenvalue weighted by Gasteiger charge is -2.36. The largest absolute Gasteiger partial charge is 0.376 e. The van der Waals surface area contributed by atoms with E-state index < -0.39 is 0 Å². The van der Waals surface area contributed by atoms with Crippen molar-refractivity contribution >= 4 is 33.0 Å². The Morgan fingerprint density at radius 1 is 1.59 bits per heavy atom. The van der Waals surface area contributed by atoms with E-state index in [1.807, 2.05) is 19.1 Å². The monoisotopic (exact) mass is 317 g/mol. The second-order valence-electron chi connectivity index (χ2n) is 4.45. The van der Waals surface area contributed by atoms with Crippen LogP contribution in [0.2, 0.25) is 0 Å². The molecule has 0 bridgehead atoms. The first-order valence-corrected chi connectivity index (χ1v) is 7.31. The number of ether oxygens (including phenoxy) is 1. The quantitative estimate of drug-likeness (QED) is 0.803. The van der Waals surface area contributed by atoms with Gasteiger partial charge in [0.15, 0.2) is 5.78 Å². The molecule has 94 valence electrons. The summed E-state index contributed by atoms with van der Waals surface area (Å²) in [5.74, 6) is 0.196. The summed E-state index contributed by atoms with van der Waals surface area (Å²) in [6.07, 6.45) is 0.217. The maximum absolute atomic E-state index is 12.1. The third kappa shape index (κ3) is 3.37. The van der Waals surface area contributed by atoms with Gasteiger partial charge in [-0.25, -0.2) is 0 Å². The third-order valence-corrected chi connectivity index (χ3v) is 4.60. The minimum absolute atomic E-state index is 0.196. The van der Waals surface area contributed by atoms with Gasteiger partial charge in [0.05, 0.1) is 27.9 Å². The number of carbonyl (C=O) groups is 1. The molecule has 0 amide bonds. The van der Waals surface area contributed by atoms with Crippen molar-refractivity contribution in [1.82, 2.24) is 4.90 Å². The van der Waals surface area contributed by atoms with Gasteiger partial charge in [-0.05, 0) is 41.9 Å². The number of morpholine rings is 1. The van der Waals surface area contributed by atoms with Gasteiger partial charge in [0.1, 0.15) is 0 Å². The minimum Gasteiger partial charge on any atom is -0.376 e. The zero-order valence-electron chi connectivity index (χ0n) is 9.98. The molecule has 0 aliphatic carbocycles. The minimum atomic E-state index is 0.196. The average Bonchev–Trinajstić information content (AvgIpc) is 2.70. The summed E-state index contributed by atoms with van der Waals surface area (Å²) in [4.78, 5) is 15.1. The van der Waals surface area contributed by atoms with Gasteiger partial charge in [-0.15, -0.1) is 11.3 Å². The first-order chi connectivity index (χ1) is 8.06. The fourth-order valence-electron chi connectivity index (χ4n) is 1.92.